The van der Waals surface area contributed by atoms with Crippen molar-refractivity contribution in [3.8, 4) is 0 Å². The van der Waals surface area contributed by atoms with Crippen molar-refractivity contribution in [3.63, 3.8) is 0 Å². The molecule has 22 heavy (non-hydrogen) atoms. The van der Waals surface area contributed by atoms with Crippen LogP contribution < -0.4 is 5.32 Å². The summed E-state index contributed by atoms with van der Waals surface area (Å²) in [6.07, 6.45) is 1.49. The first-order valence-corrected chi connectivity index (χ1v) is 7.93. The Balaban J connectivity index is 2.78. The minimum Gasteiger partial charge on any atom is -0.369 e. The van der Waals surface area contributed by atoms with E-state index in [2.05, 4.69) is 12.2 Å². The van der Waals surface area contributed by atoms with E-state index < -0.39 is 6.10 Å². The zero-order valence-corrected chi connectivity index (χ0v) is 14.3. The lowest BCUT2D eigenvalue weighted by molar-refractivity contribution is -0.133. The molecule has 1 aromatic rings. The maximum atomic E-state index is 13.1. The lowest BCUT2D eigenvalue weighted by Gasteiger charge is -2.32. The predicted octanol–water partition coefficient (Wildman–Crippen LogP) is 4.23. The van der Waals surface area contributed by atoms with Crippen molar-refractivity contribution in [2.45, 2.75) is 59.6 Å². The molecule has 1 amide bonds. The second kappa shape index (κ2) is 8.28. The summed E-state index contributed by atoms with van der Waals surface area (Å²) in [4.78, 5) is 12.3. The van der Waals surface area contributed by atoms with E-state index in [0.717, 1.165) is 18.4 Å². The van der Waals surface area contributed by atoms with Crippen LogP contribution in [0.3, 0.4) is 0 Å². The van der Waals surface area contributed by atoms with E-state index >= 15 is 0 Å². The van der Waals surface area contributed by atoms with Crippen molar-refractivity contribution in [3.05, 3.63) is 35.6 Å². The van der Waals surface area contributed by atoms with Crippen LogP contribution >= 0.6 is 0 Å². The SMILES string of the molecule is CCCCOC(C)C(=O)NC(c1ccc(F)cc1)C(C)(C)C. The molecule has 0 bridgehead atoms. The second-order valence-electron chi connectivity index (χ2n) is 6.73. The van der Waals surface area contributed by atoms with Crippen LogP contribution in [0.25, 0.3) is 0 Å². The van der Waals surface area contributed by atoms with Gasteiger partial charge in [0, 0.05) is 6.61 Å². The van der Waals surface area contributed by atoms with Crippen LogP contribution in [0.4, 0.5) is 4.39 Å². The summed E-state index contributed by atoms with van der Waals surface area (Å²) in [7, 11) is 0. The van der Waals surface area contributed by atoms with Gasteiger partial charge in [-0.05, 0) is 36.5 Å². The molecule has 124 valence electrons. The highest BCUT2D eigenvalue weighted by atomic mass is 19.1. The molecule has 2 atom stereocenters. The number of hydrogen-bond donors (Lipinski definition) is 1. The van der Waals surface area contributed by atoms with Gasteiger partial charge in [0.2, 0.25) is 5.91 Å². The number of hydrogen-bond acceptors (Lipinski definition) is 2. The number of amides is 1. The van der Waals surface area contributed by atoms with Crippen molar-refractivity contribution in [1.29, 1.82) is 0 Å². The van der Waals surface area contributed by atoms with Crippen LogP contribution in [0.1, 0.15) is 59.1 Å². The van der Waals surface area contributed by atoms with Gasteiger partial charge in [-0.25, -0.2) is 4.39 Å². The highest BCUT2D eigenvalue weighted by molar-refractivity contribution is 5.80. The molecule has 4 heteroatoms. The molecule has 0 saturated carbocycles. The van der Waals surface area contributed by atoms with Gasteiger partial charge < -0.3 is 10.1 Å². The fourth-order valence-corrected chi connectivity index (χ4v) is 2.19. The van der Waals surface area contributed by atoms with Gasteiger partial charge in [0.1, 0.15) is 11.9 Å². The molecule has 0 aliphatic heterocycles. The van der Waals surface area contributed by atoms with E-state index in [1.54, 1.807) is 19.1 Å². The Bertz CT molecular complexity index is 465. The number of halogens is 1. The molecule has 3 nitrogen and oxygen atoms in total. The number of carbonyl (C=O) groups excluding carboxylic acids is 1. The van der Waals surface area contributed by atoms with Gasteiger partial charge in [0.05, 0.1) is 6.04 Å². The molecule has 0 spiro atoms. The van der Waals surface area contributed by atoms with Gasteiger partial charge >= 0.3 is 0 Å². The Labute approximate surface area is 133 Å². The molecule has 0 saturated heterocycles. The minimum absolute atomic E-state index is 0.139. The largest absolute Gasteiger partial charge is 0.369 e. The average molecular weight is 309 g/mol. The van der Waals surface area contributed by atoms with Crippen molar-refractivity contribution in [2.75, 3.05) is 6.61 Å². The summed E-state index contributed by atoms with van der Waals surface area (Å²) < 4.78 is 18.6. The lowest BCUT2D eigenvalue weighted by atomic mass is 9.82. The first-order valence-electron chi connectivity index (χ1n) is 7.93. The third kappa shape index (κ3) is 5.76. The normalized spacial score (nSPS) is 14.5. The smallest absolute Gasteiger partial charge is 0.249 e. The molecule has 0 heterocycles. The van der Waals surface area contributed by atoms with Crippen molar-refractivity contribution in [2.24, 2.45) is 5.41 Å². The zero-order valence-electron chi connectivity index (χ0n) is 14.3. The van der Waals surface area contributed by atoms with Gasteiger partial charge in [-0.2, -0.15) is 0 Å². The Kier molecular flexibility index (Phi) is 7.01. The standard InChI is InChI=1S/C18H28FNO2/c1-6-7-12-22-13(2)17(21)20-16(18(3,4)5)14-8-10-15(19)11-9-14/h8-11,13,16H,6-7,12H2,1-5H3,(H,20,21). The maximum absolute atomic E-state index is 13.1. The third-order valence-electron chi connectivity index (χ3n) is 3.59. The third-order valence-corrected chi connectivity index (χ3v) is 3.59. The highest BCUT2D eigenvalue weighted by Gasteiger charge is 2.29. The highest BCUT2D eigenvalue weighted by Crippen LogP contribution is 2.32. The fourth-order valence-electron chi connectivity index (χ4n) is 2.19. The van der Waals surface area contributed by atoms with Gasteiger partial charge in [-0.1, -0.05) is 46.2 Å². The molecular formula is C18H28FNO2. The molecule has 0 aliphatic rings. The van der Waals surface area contributed by atoms with Gasteiger partial charge in [-0.15, -0.1) is 0 Å². The zero-order chi connectivity index (χ0) is 16.8. The summed E-state index contributed by atoms with van der Waals surface area (Å²) in [5.74, 6) is -0.417. The summed E-state index contributed by atoms with van der Waals surface area (Å²) in [5, 5.41) is 3.03. The molecule has 0 fully saturated rings. The van der Waals surface area contributed by atoms with E-state index in [9.17, 15) is 9.18 Å². The van der Waals surface area contributed by atoms with Crippen LogP contribution in [0.2, 0.25) is 0 Å². The number of unbranched alkanes of at least 4 members (excludes halogenated alkanes) is 1. The van der Waals surface area contributed by atoms with Gasteiger partial charge in [-0.3, -0.25) is 4.79 Å². The molecule has 1 N–H and O–H groups in total. The Morgan fingerprint density at radius 2 is 1.86 bits per heavy atom. The first-order chi connectivity index (χ1) is 10.3. The molecular weight excluding hydrogens is 281 g/mol. The van der Waals surface area contributed by atoms with Crippen LogP contribution in [0.5, 0.6) is 0 Å². The average Bonchev–Trinajstić information content (AvgIpc) is 2.44. The Morgan fingerprint density at radius 1 is 1.27 bits per heavy atom. The van der Waals surface area contributed by atoms with Crippen LogP contribution in [0, 0.1) is 11.2 Å². The summed E-state index contributed by atoms with van der Waals surface area (Å²) in [6.45, 7) is 10.6. The topological polar surface area (TPSA) is 38.3 Å². The van der Waals surface area contributed by atoms with Crippen LogP contribution in [-0.4, -0.2) is 18.6 Å². The van der Waals surface area contributed by atoms with Gasteiger partial charge in [0.15, 0.2) is 0 Å². The molecule has 0 radical (unpaired) electrons. The minimum atomic E-state index is -0.489. The summed E-state index contributed by atoms with van der Waals surface area (Å²) >= 11 is 0. The molecule has 0 aliphatic carbocycles. The molecule has 1 aromatic carbocycles. The lowest BCUT2D eigenvalue weighted by Crippen LogP contribution is -2.42. The van der Waals surface area contributed by atoms with E-state index in [-0.39, 0.29) is 23.2 Å². The van der Waals surface area contributed by atoms with Crippen LogP contribution in [0.15, 0.2) is 24.3 Å². The number of ether oxygens (including phenoxy) is 1. The Morgan fingerprint density at radius 3 is 2.36 bits per heavy atom. The van der Waals surface area contributed by atoms with Crippen LogP contribution in [-0.2, 0) is 9.53 Å². The number of rotatable bonds is 7. The van der Waals surface area contributed by atoms with E-state index in [0.29, 0.717) is 6.61 Å². The number of benzene rings is 1. The van der Waals surface area contributed by atoms with Crippen molar-refractivity contribution in [1.82, 2.24) is 5.32 Å². The summed E-state index contributed by atoms with van der Waals surface area (Å²) in [5.41, 5.74) is 0.708. The summed E-state index contributed by atoms with van der Waals surface area (Å²) in [6, 6.07) is 6.07. The van der Waals surface area contributed by atoms with Gasteiger partial charge in [0.25, 0.3) is 0 Å². The second-order valence-corrected chi connectivity index (χ2v) is 6.73. The first kappa shape index (κ1) is 18.6. The maximum Gasteiger partial charge on any atom is 0.249 e. The fraction of sp³-hybridized carbons (Fsp3) is 0.611. The van der Waals surface area contributed by atoms with E-state index in [1.807, 2.05) is 20.8 Å². The molecule has 0 aromatic heterocycles. The van der Waals surface area contributed by atoms with E-state index in [1.165, 1.54) is 12.1 Å². The molecule has 1 rings (SSSR count). The van der Waals surface area contributed by atoms with Crippen molar-refractivity contribution >= 4 is 5.91 Å². The number of carbonyl (C=O) groups is 1. The number of nitrogens with one attached hydrogen (secondary N) is 1. The van der Waals surface area contributed by atoms with Crippen molar-refractivity contribution < 1.29 is 13.9 Å². The predicted molar refractivity (Wildman–Crippen MR) is 87.1 cm³/mol. The molecule has 2 unspecified atom stereocenters. The monoisotopic (exact) mass is 309 g/mol. The Hall–Kier alpha value is -1.42. The quantitative estimate of drug-likeness (QED) is 0.765. The van der Waals surface area contributed by atoms with E-state index in [4.69, 9.17) is 4.74 Å².